The molecule has 4 nitrogen and oxygen atoms in total. The molecule has 0 saturated carbocycles. The molecule has 2 aromatic carbocycles. The summed E-state index contributed by atoms with van der Waals surface area (Å²) < 4.78 is 1.01. The second-order valence-electron chi connectivity index (χ2n) is 7.03. The average Bonchev–Trinajstić information content (AvgIpc) is 3.05. The molecule has 1 fully saturated rings. The van der Waals surface area contributed by atoms with Crippen molar-refractivity contribution in [3.8, 4) is 0 Å². The number of hydrogen-bond acceptors (Lipinski definition) is 2. The standard InChI is InChI=1S/C22H25BrN2O2/c1-4-15-6-8-19(9-7-15)25-13-17(12-20(25)26)22(27)24-21-14(3)10-18(23)11-16(21)5-2/h6-11,17H,4-5,12-13H2,1-3H3,(H,24,27)/t17-/m0/s1. The summed E-state index contributed by atoms with van der Waals surface area (Å²) in [5, 5.41) is 3.07. The summed E-state index contributed by atoms with van der Waals surface area (Å²) in [5.74, 6) is -0.421. The van der Waals surface area contributed by atoms with Gasteiger partial charge in [0.1, 0.15) is 0 Å². The van der Waals surface area contributed by atoms with Crippen LogP contribution in [0.25, 0.3) is 0 Å². The number of aryl methyl sites for hydroxylation is 3. The van der Waals surface area contributed by atoms with Crippen LogP contribution in [0.2, 0.25) is 0 Å². The van der Waals surface area contributed by atoms with E-state index >= 15 is 0 Å². The Kier molecular flexibility index (Phi) is 6.00. The molecule has 1 aliphatic rings. The van der Waals surface area contributed by atoms with Crippen LogP contribution in [0.15, 0.2) is 40.9 Å². The van der Waals surface area contributed by atoms with Gasteiger partial charge in [-0.3, -0.25) is 9.59 Å². The van der Waals surface area contributed by atoms with Crippen molar-refractivity contribution in [2.75, 3.05) is 16.8 Å². The highest BCUT2D eigenvalue weighted by molar-refractivity contribution is 9.10. The minimum atomic E-state index is -0.337. The van der Waals surface area contributed by atoms with Crippen LogP contribution in [0.3, 0.4) is 0 Å². The van der Waals surface area contributed by atoms with Crippen molar-refractivity contribution < 1.29 is 9.59 Å². The zero-order chi connectivity index (χ0) is 19.6. The Morgan fingerprint density at radius 2 is 1.89 bits per heavy atom. The van der Waals surface area contributed by atoms with Gasteiger partial charge in [-0.2, -0.15) is 0 Å². The molecule has 2 amide bonds. The zero-order valence-electron chi connectivity index (χ0n) is 16.0. The Labute approximate surface area is 169 Å². The van der Waals surface area contributed by atoms with Crippen LogP contribution in [0, 0.1) is 12.8 Å². The van der Waals surface area contributed by atoms with Gasteiger partial charge in [-0.1, -0.05) is 41.9 Å². The second kappa shape index (κ2) is 8.26. The Balaban J connectivity index is 1.74. The van der Waals surface area contributed by atoms with Crippen molar-refractivity contribution in [3.63, 3.8) is 0 Å². The van der Waals surface area contributed by atoms with Gasteiger partial charge < -0.3 is 10.2 Å². The molecule has 1 atom stereocenters. The van der Waals surface area contributed by atoms with E-state index in [9.17, 15) is 9.59 Å². The lowest BCUT2D eigenvalue weighted by Crippen LogP contribution is -2.28. The number of benzene rings is 2. The van der Waals surface area contributed by atoms with Crippen molar-refractivity contribution in [3.05, 3.63) is 57.6 Å². The predicted molar refractivity (Wildman–Crippen MR) is 113 cm³/mol. The average molecular weight is 429 g/mol. The third-order valence-corrected chi connectivity index (χ3v) is 5.62. The van der Waals surface area contributed by atoms with Gasteiger partial charge in [-0.05, 0) is 60.7 Å². The molecule has 0 bridgehead atoms. The lowest BCUT2D eigenvalue weighted by atomic mass is 10.0. The lowest BCUT2D eigenvalue weighted by Gasteiger charge is -2.18. The van der Waals surface area contributed by atoms with Gasteiger partial charge in [-0.15, -0.1) is 0 Å². The molecule has 142 valence electrons. The first-order chi connectivity index (χ1) is 12.9. The molecular formula is C22H25BrN2O2. The molecule has 0 aliphatic carbocycles. The fourth-order valence-electron chi connectivity index (χ4n) is 3.54. The Morgan fingerprint density at radius 3 is 2.52 bits per heavy atom. The van der Waals surface area contributed by atoms with E-state index in [-0.39, 0.29) is 24.2 Å². The molecule has 1 aliphatic heterocycles. The van der Waals surface area contributed by atoms with E-state index in [2.05, 4.69) is 35.1 Å². The first kappa shape index (κ1) is 19.6. The minimum Gasteiger partial charge on any atom is -0.325 e. The van der Waals surface area contributed by atoms with E-state index in [1.165, 1.54) is 5.56 Å². The summed E-state index contributed by atoms with van der Waals surface area (Å²) in [5.41, 5.74) is 5.07. The number of halogens is 1. The fourth-order valence-corrected chi connectivity index (χ4v) is 4.16. The summed E-state index contributed by atoms with van der Waals surface area (Å²) in [6.07, 6.45) is 2.04. The number of carbonyl (C=O) groups is 2. The number of nitrogens with zero attached hydrogens (tertiary/aromatic N) is 1. The van der Waals surface area contributed by atoms with E-state index in [0.717, 1.165) is 39.8 Å². The second-order valence-corrected chi connectivity index (χ2v) is 7.94. The van der Waals surface area contributed by atoms with Gasteiger partial charge in [0, 0.05) is 28.8 Å². The fraction of sp³-hybridized carbons (Fsp3) is 0.364. The molecule has 0 unspecified atom stereocenters. The third kappa shape index (κ3) is 4.24. The maximum atomic E-state index is 12.8. The van der Waals surface area contributed by atoms with Gasteiger partial charge in [0.15, 0.2) is 0 Å². The lowest BCUT2D eigenvalue weighted by molar-refractivity contribution is -0.122. The Morgan fingerprint density at radius 1 is 1.19 bits per heavy atom. The van der Waals surface area contributed by atoms with Crippen LogP contribution in [-0.4, -0.2) is 18.4 Å². The SMILES string of the molecule is CCc1ccc(N2C[C@@H](C(=O)Nc3c(C)cc(Br)cc3CC)CC2=O)cc1. The number of amides is 2. The number of carbonyl (C=O) groups excluding carboxylic acids is 2. The number of nitrogens with one attached hydrogen (secondary N) is 1. The van der Waals surface area contributed by atoms with Gasteiger partial charge in [0.05, 0.1) is 5.92 Å². The number of rotatable bonds is 5. The van der Waals surface area contributed by atoms with Crippen molar-refractivity contribution in [2.45, 2.75) is 40.0 Å². The van der Waals surface area contributed by atoms with E-state index in [1.54, 1.807) is 4.90 Å². The van der Waals surface area contributed by atoms with Gasteiger partial charge >= 0.3 is 0 Å². The molecule has 1 heterocycles. The molecule has 3 rings (SSSR count). The van der Waals surface area contributed by atoms with Crippen molar-refractivity contribution in [1.29, 1.82) is 0 Å². The highest BCUT2D eigenvalue weighted by Crippen LogP contribution is 2.29. The largest absolute Gasteiger partial charge is 0.325 e. The quantitative estimate of drug-likeness (QED) is 0.737. The van der Waals surface area contributed by atoms with E-state index in [4.69, 9.17) is 0 Å². The van der Waals surface area contributed by atoms with Crippen LogP contribution in [0.1, 0.15) is 37.0 Å². The topological polar surface area (TPSA) is 49.4 Å². The van der Waals surface area contributed by atoms with E-state index in [0.29, 0.717) is 6.54 Å². The molecule has 0 spiro atoms. The van der Waals surface area contributed by atoms with Crippen molar-refractivity contribution in [2.24, 2.45) is 5.92 Å². The molecule has 0 radical (unpaired) electrons. The van der Waals surface area contributed by atoms with Gasteiger partial charge in [0.2, 0.25) is 11.8 Å². The smallest absolute Gasteiger partial charge is 0.229 e. The molecule has 5 heteroatoms. The number of hydrogen-bond donors (Lipinski definition) is 1. The van der Waals surface area contributed by atoms with Gasteiger partial charge in [-0.25, -0.2) is 0 Å². The van der Waals surface area contributed by atoms with E-state index < -0.39 is 0 Å². The predicted octanol–water partition coefficient (Wildman–Crippen LogP) is 4.87. The minimum absolute atomic E-state index is 0.00245. The maximum Gasteiger partial charge on any atom is 0.229 e. The van der Waals surface area contributed by atoms with Crippen LogP contribution >= 0.6 is 15.9 Å². The van der Waals surface area contributed by atoms with Crippen LogP contribution in [0.4, 0.5) is 11.4 Å². The van der Waals surface area contributed by atoms with Crippen molar-refractivity contribution in [1.82, 2.24) is 0 Å². The summed E-state index contributed by atoms with van der Waals surface area (Å²) in [6, 6.07) is 12.0. The first-order valence-electron chi connectivity index (χ1n) is 9.42. The summed E-state index contributed by atoms with van der Waals surface area (Å²) in [7, 11) is 0. The first-order valence-corrected chi connectivity index (χ1v) is 10.2. The molecule has 2 aromatic rings. The normalized spacial score (nSPS) is 16.7. The molecule has 27 heavy (non-hydrogen) atoms. The highest BCUT2D eigenvalue weighted by Gasteiger charge is 2.35. The van der Waals surface area contributed by atoms with Crippen LogP contribution in [0.5, 0.6) is 0 Å². The summed E-state index contributed by atoms with van der Waals surface area (Å²) >= 11 is 3.51. The molecule has 1 N–H and O–H groups in total. The Bertz CT molecular complexity index is 861. The number of anilines is 2. The van der Waals surface area contributed by atoms with E-state index in [1.807, 2.05) is 43.3 Å². The monoisotopic (exact) mass is 428 g/mol. The van der Waals surface area contributed by atoms with Crippen LogP contribution in [-0.2, 0) is 22.4 Å². The molecule has 1 saturated heterocycles. The summed E-state index contributed by atoms with van der Waals surface area (Å²) in [6.45, 7) is 6.58. The molecular weight excluding hydrogens is 404 g/mol. The maximum absolute atomic E-state index is 12.8. The third-order valence-electron chi connectivity index (χ3n) is 5.16. The van der Waals surface area contributed by atoms with Crippen LogP contribution < -0.4 is 10.2 Å². The Hall–Kier alpha value is -2.14. The van der Waals surface area contributed by atoms with Gasteiger partial charge in [0.25, 0.3) is 0 Å². The summed E-state index contributed by atoms with van der Waals surface area (Å²) in [4.78, 5) is 27.0. The molecule has 0 aromatic heterocycles. The zero-order valence-corrected chi connectivity index (χ0v) is 17.6. The highest BCUT2D eigenvalue weighted by atomic mass is 79.9. The van der Waals surface area contributed by atoms with Crippen molar-refractivity contribution >= 4 is 39.1 Å².